The van der Waals surface area contributed by atoms with Crippen LogP contribution in [0, 0.1) is 23.5 Å². The van der Waals surface area contributed by atoms with Gasteiger partial charge in [-0.15, -0.1) is 5.92 Å². The zero-order valence-electron chi connectivity index (χ0n) is 19.6. The highest BCUT2D eigenvalue weighted by atomic mass is 19.2. The summed E-state index contributed by atoms with van der Waals surface area (Å²) in [6.45, 7) is 5.37. The van der Waals surface area contributed by atoms with Gasteiger partial charge < -0.3 is 15.1 Å². The largest absolute Gasteiger partial charge is 0.322 e. The number of halogens is 2. The Morgan fingerprint density at radius 2 is 1.97 bits per heavy atom. The molecule has 1 aliphatic carbocycles. The summed E-state index contributed by atoms with van der Waals surface area (Å²) in [4.78, 5) is 17.5. The van der Waals surface area contributed by atoms with Gasteiger partial charge in [0.2, 0.25) is 0 Å². The van der Waals surface area contributed by atoms with Crippen molar-refractivity contribution in [1.29, 1.82) is 0 Å². The van der Waals surface area contributed by atoms with E-state index in [0.29, 0.717) is 6.54 Å². The van der Waals surface area contributed by atoms with Crippen molar-refractivity contribution >= 4 is 17.3 Å². The molecule has 0 saturated carbocycles. The van der Waals surface area contributed by atoms with Crippen molar-refractivity contribution in [3.8, 4) is 11.8 Å². The molecule has 4 rings (SSSR count). The zero-order valence-corrected chi connectivity index (χ0v) is 19.6. The molecule has 1 heterocycles. The molecule has 34 heavy (non-hydrogen) atoms. The number of carbonyl (C=O) groups excluding carboxylic acids is 1. The molecular formula is C28H31F2N3O. The SMILES string of the molecule is CC#Cc1cccc(C2=CCC(N(CCN3CCCC3)C(=O)Nc3ccc(F)c(F)c3)CC2)c1. The molecule has 6 heteroatoms. The van der Waals surface area contributed by atoms with Crippen LogP contribution in [0.5, 0.6) is 0 Å². The number of allylic oxidation sites excluding steroid dienone is 1. The highest BCUT2D eigenvalue weighted by molar-refractivity contribution is 5.89. The van der Waals surface area contributed by atoms with Crippen molar-refractivity contribution in [3.05, 3.63) is 71.3 Å². The minimum absolute atomic E-state index is 0.0512. The van der Waals surface area contributed by atoms with Gasteiger partial charge in [-0.3, -0.25) is 0 Å². The topological polar surface area (TPSA) is 35.6 Å². The van der Waals surface area contributed by atoms with Crippen LogP contribution in [-0.2, 0) is 0 Å². The van der Waals surface area contributed by atoms with Crippen LogP contribution in [-0.4, -0.2) is 48.1 Å². The number of anilines is 1. The number of nitrogens with zero attached hydrogens (tertiary/aromatic N) is 2. The van der Waals surface area contributed by atoms with Crippen molar-refractivity contribution in [1.82, 2.24) is 9.80 Å². The summed E-state index contributed by atoms with van der Waals surface area (Å²) >= 11 is 0. The van der Waals surface area contributed by atoms with Crippen molar-refractivity contribution in [3.63, 3.8) is 0 Å². The van der Waals surface area contributed by atoms with E-state index in [1.165, 1.54) is 30.0 Å². The van der Waals surface area contributed by atoms with Gasteiger partial charge in [0, 0.05) is 36.4 Å². The molecule has 1 N–H and O–H groups in total. The predicted octanol–water partition coefficient (Wildman–Crippen LogP) is 5.90. The number of rotatable bonds is 6. The minimum atomic E-state index is -0.971. The van der Waals surface area contributed by atoms with Crippen LogP contribution in [0.3, 0.4) is 0 Å². The summed E-state index contributed by atoms with van der Waals surface area (Å²) in [7, 11) is 0. The summed E-state index contributed by atoms with van der Waals surface area (Å²) in [6, 6.07) is 11.5. The van der Waals surface area contributed by atoms with Gasteiger partial charge in [0.25, 0.3) is 0 Å². The Balaban J connectivity index is 1.47. The van der Waals surface area contributed by atoms with Crippen molar-refractivity contribution < 1.29 is 13.6 Å². The maximum Gasteiger partial charge on any atom is 0.322 e. The lowest BCUT2D eigenvalue weighted by molar-refractivity contribution is 0.170. The van der Waals surface area contributed by atoms with Crippen LogP contribution in [0.25, 0.3) is 5.57 Å². The van der Waals surface area contributed by atoms with Crippen molar-refractivity contribution in [2.24, 2.45) is 0 Å². The van der Waals surface area contributed by atoms with Gasteiger partial charge in [0.1, 0.15) is 0 Å². The van der Waals surface area contributed by atoms with Crippen LogP contribution in [0.1, 0.15) is 50.2 Å². The Labute approximate surface area is 200 Å². The number of hydrogen-bond acceptors (Lipinski definition) is 2. The van der Waals surface area contributed by atoms with E-state index in [4.69, 9.17) is 0 Å². The van der Waals surface area contributed by atoms with Gasteiger partial charge in [-0.05, 0) is 87.5 Å². The quantitative estimate of drug-likeness (QED) is 0.541. The number of carbonyl (C=O) groups is 1. The highest BCUT2D eigenvalue weighted by Crippen LogP contribution is 2.30. The van der Waals surface area contributed by atoms with Gasteiger partial charge in [0.15, 0.2) is 11.6 Å². The number of urea groups is 1. The number of likely N-dealkylation sites (tertiary alicyclic amines) is 1. The lowest BCUT2D eigenvalue weighted by Gasteiger charge is -2.35. The first-order chi connectivity index (χ1) is 16.5. The lowest BCUT2D eigenvalue weighted by Crippen LogP contribution is -2.47. The fraction of sp³-hybridized carbons (Fsp3) is 0.393. The molecule has 1 fully saturated rings. The molecule has 2 aromatic carbocycles. The molecular weight excluding hydrogens is 432 g/mol. The van der Waals surface area contributed by atoms with E-state index in [0.717, 1.165) is 56.6 Å². The summed E-state index contributed by atoms with van der Waals surface area (Å²) in [6.07, 6.45) is 7.08. The maximum atomic E-state index is 13.7. The molecule has 0 aromatic heterocycles. The average molecular weight is 464 g/mol. The minimum Gasteiger partial charge on any atom is -0.320 e. The van der Waals surface area contributed by atoms with Crippen LogP contribution in [0.4, 0.5) is 19.3 Å². The van der Waals surface area contributed by atoms with Gasteiger partial charge in [-0.25, -0.2) is 13.6 Å². The van der Waals surface area contributed by atoms with Crippen molar-refractivity contribution in [2.45, 2.75) is 45.1 Å². The molecule has 1 saturated heterocycles. The summed E-state index contributed by atoms with van der Waals surface area (Å²) in [5, 5.41) is 2.77. The van der Waals surface area contributed by atoms with E-state index >= 15 is 0 Å². The first-order valence-electron chi connectivity index (χ1n) is 12.0. The molecule has 2 amide bonds. The molecule has 1 unspecified atom stereocenters. The molecule has 2 aliphatic rings. The van der Waals surface area contributed by atoms with Gasteiger partial charge in [0.05, 0.1) is 0 Å². The Hall–Kier alpha value is -3.17. The van der Waals surface area contributed by atoms with Crippen molar-refractivity contribution in [2.75, 3.05) is 31.5 Å². The molecule has 2 aromatic rings. The smallest absolute Gasteiger partial charge is 0.320 e. The van der Waals surface area contributed by atoms with E-state index in [1.807, 2.05) is 24.0 Å². The molecule has 0 radical (unpaired) electrons. The number of benzene rings is 2. The third-order valence-electron chi connectivity index (χ3n) is 6.61. The van der Waals surface area contributed by atoms with Crippen LogP contribution < -0.4 is 5.32 Å². The number of amides is 2. The van der Waals surface area contributed by atoms with E-state index < -0.39 is 11.6 Å². The second-order valence-electron chi connectivity index (χ2n) is 8.91. The maximum absolute atomic E-state index is 13.7. The average Bonchev–Trinajstić information content (AvgIpc) is 3.36. The molecule has 178 valence electrons. The third kappa shape index (κ3) is 6.03. The molecule has 0 bridgehead atoms. The number of hydrogen-bond donors (Lipinski definition) is 1. The van der Waals surface area contributed by atoms with Gasteiger partial charge in [-0.1, -0.05) is 24.1 Å². The normalized spacial score (nSPS) is 18.1. The van der Waals surface area contributed by atoms with E-state index in [9.17, 15) is 13.6 Å². The fourth-order valence-electron chi connectivity index (χ4n) is 4.78. The Morgan fingerprint density at radius 1 is 1.15 bits per heavy atom. The standard InChI is InChI=1S/C28H31F2N3O/c1-2-6-21-7-5-8-23(19-21)22-9-12-25(13-10-22)33(18-17-32-15-3-4-16-32)28(34)31-24-11-14-26(29)27(30)20-24/h5,7-9,11,14,19-20,25H,3-4,10,12-13,15-18H2,1H3,(H,31,34). The Bertz CT molecular complexity index is 1110. The fourth-order valence-corrected chi connectivity index (χ4v) is 4.78. The molecule has 4 nitrogen and oxygen atoms in total. The zero-order chi connectivity index (χ0) is 23.9. The van der Waals surface area contributed by atoms with Crippen LogP contribution in [0.2, 0.25) is 0 Å². The first-order valence-corrected chi connectivity index (χ1v) is 12.0. The summed E-state index contributed by atoms with van der Waals surface area (Å²) in [5.74, 6) is 4.15. The Morgan fingerprint density at radius 3 is 2.68 bits per heavy atom. The van der Waals surface area contributed by atoms with Crippen LogP contribution in [0.15, 0.2) is 48.5 Å². The summed E-state index contributed by atoms with van der Waals surface area (Å²) < 4.78 is 27.0. The monoisotopic (exact) mass is 463 g/mol. The summed E-state index contributed by atoms with van der Waals surface area (Å²) in [5.41, 5.74) is 3.71. The van der Waals surface area contributed by atoms with Gasteiger partial charge in [-0.2, -0.15) is 0 Å². The third-order valence-corrected chi connectivity index (χ3v) is 6.61. The second-order valence-corrected chi connectivity index (χ2v) is 8.91. The molecule has 0 spiro atoms. The predicted molar refractivity (Wildman–Crippen MR) is 132 cm³/mol. The van der Waals surface area contributed by atoms with Crippen LogP contribution >= 0.6 is 0 Å². The van der Waals surface area contributed by atoms with E-state index in [2.05, 4.69) is 40.3 Å². The number of nitrogens with one attached hydrogen (secondary N) is 1. The van der Waals surface area contributed by atoms with E-state index in [1.54, 1.807) is 0 Å². The second kappa shape index (κ2) is 11.3. The molecule has 1 aliphatic heterocycles. The lowest BCUT2D eigenvalue weighted by atomic mass is 9.89. The molecule has 1 atom stereocenters. The van der Waals surface area contributed by atoms with E-state index in [-0.39, 0.29) is 17.8 Å². The first kappa shape index (κ1) is 24.0. The Kier molecular flexibility index (Phi) is 7.97. The van der Waals surface area contributed by atoms with Gasteiger partial charge >= 0.3 is 6.03 Å². The highest BCUT2D eigenvalue weighted by Gasteiger charge is 2.27.